The highest BCUT2D eigenvalue weighted by Crippen LogP contribution is 2.57. The fourth-order valence-electron chi connectivity index (χ4n) is 13.8. The predicted octanol–water partition coefficient (Wildman–Crippen LogP) is 26.1. The van der Waals surface area contributed by atoms with Crippen molar-refractivity contribution in [3.8, 4) is 0 Å². The number of carboxylic acids is 1. The Kier molecular flexibility index (Phi) is 57.3. The van der Waals surface area contributed by atoms with Crippen LogP contribution in [0, 0.1) is 17.3 Å². The van der Waals surface area contributed by atoms with Gasteiger partial charge in [0.1, 0.15) is 5.60 Å². The van der Waals surface area contributed by atoms with Gasteiger partial charge in [-0.25, -0.2) is 0 Å². The third-order valence-electron chi connectivity index (χ3n) is 19.0. The molecule has 0 saturated carbocycles. The van der Waals surface area contributed by atoms with Crippen LogP contribution < -0.4 is 0 Å². The van der Waals surface area contributed by atoms with Gasteiger partial charge in [-0.15, -0.1) is 0 Å². The van der Waals surface area contributed by atoms with E-state index in [0.29, 0.717) is 24.7 Å². The first-order chi connectivity index (χ1) is 37.7. The van der Waals surface area contributed by atoms with Gasteiger partial charge in [0.05, 0.1) is 0 Å². The molecule has 0 rings (SSSR count). The molecule has 0 saturated heterocycles. The first-order valence-corrected chi connectivity index (χ1v) is 36.1. The number of hydrogen-bond donors (Lipinski definition) is 1. The van der Waals surface area contributed by atoms with Gasteiger partial charge in [-0.2, -0.15) is 0 Å². The Bertz CT molecular complexity index is 1200. The summed E-state index contributed by atoms with van der Waals surface area (Å²) in [4.78, 5) is 25.9. The highest BCUT2D eigenvalue weighted by atomic mass is 16.6. The molecule has 0 heterocycles. The topological polar surface area (TPSA) is 63.6 Å². The van der Waals surface area contributed by atoms with Gasteiger partial charge in [0.2, 0.25) is 0 Å². The third kappa shape index (κ3) is 43.3. The van der Waals surface area contributed by atoms with E-state index in [-0.39, 0.29) is 11.4 Å². The lowest BCUT2D eigenvalue weighted by molar-refractivity contribution is -0.209. The number of esters is 1. The molecule has 0 fully saturated rings. The molecule has 77 heavy (non-hydrogen) atoms. The Hall–Kier alpha value is -1.06. The van der Waals surface area contributed by atoms with E-state index in [1.807, 2.05) is 0 Å². The molecule has 0 aromatic carbocycles. The zero-order valence-corrected chi connectivity index (χ0v) is 54.3. The summed E-state index contributed by atoms with van der Waals surface area (Å²) in [5.41, 5.74) is -0.411. The minimum atomic E-state index is -0.666. The van der Waals surface area contributed by atoms with Gasteiger partial charge in [-0.05, 0) is 56.8 Å². The van der Waals surface area contributed by atoms with Crippen LogP contribution in [0.4, 0.5) is 0 Å². The van der Waals surface area contributed by atoms with Crippen molar-refractivity contribution >= 4 is 11.9 Å². The number of aliphatic carboxylic acids is 1. The maximum Gasteiger partial charge on any atom is 0.306 e. The lowest BCUT2D eigenvalue weighted by Gasteiger charge is -2.57. The van der Waals surface area contributed by atoms with Crippen LogP contribution in [0.25, 0.3) is 0 Å². The highest BCUT2D eigenvalue weighted by Gasteiger charge is 2.57. The summed E-state index contributed by atoms with van der Waals surface area (Å²) in [6, 6.07) is 0. The molecule has 0 aliphatic heterocycles. The summed E-state index contributed by atoms with van der Waals surface area (Å²) in [6.45, 7) is 17.0. The van der Waals surface area contributed by atoms with Gasteiger partial charge in [0.15, 0.2) is 0 Å². The van der Waals surface area contributed by atoms with Crippen molar-refractivity contribution in [2.24, 2.45) is 17.3 Å². The monoisotopic (exact) mass is 1090 g/mol. The van der Waals surface area contributed by atoms with Gasteiger partial charge in [0.25, 0.3) is 0 Å². The van der Waals surface area contributed by atoms with E-state index in [1.165, 1.54) is 334 Å². The van der Waals surface area contributed by atoms with Crippen LogP contribution in [0.3, 0.4) is 0 Å². The number of ether oxygens (including phenoxy) is 1. The second-order valence-electron chi connectivity index (χ2n) is 26.0. The van der Waals surface area contributed by atoms with E-state index >= 15 is 4.79 Å². The van der Waals surface area contributed by atoms with Crippen LogP contribution in [-0.2, 0) is 14.3 Å². The number of unbranched alkanes of at least 4 members (excludes halogenated alkanes) is 47. The summed E-state index contributed by atoms with van der Waals surface area (Å²) in [6.07, 6.45) is 76.4. The maximum atomic E-state index is 15.1. The molecule has 0 aliphatic rings. The van der Waals surface area contributed by atoms with Crippen LogP contribution in [-0.4, -0.2) is 22.6 Å². The molecule has 0 aromatic rings. The van der Waals surface area contributed by atoms with Crippen molar-refractivity contribution in [3.63, 3.8) is 0 Å². The summed E-state index contributed by atoms with van der Waals surface area (Å²) >= 11 is 0. The molecule has 0 amide bonds. The Morgan fingerprint density at radius 1 is 0.299 bits per heavy atom. The summed E-state index contributed by atoms with van der Waals surface area (Å²) in [5.74, 6) is 0.378. The normalized spacial score (nSPS) is 14.2. The van der Waals surface area contributed by atoms with E-state index in [2.05, 4.69) is 48.5 Å². The molecule has 4 heteroatoms. The van der Waals surface area contributed by atoms with Crippen molar-refractivity contribution in [3.05, 3.63) is 0 Å². The smallest absolute Gasteiger partial charge is 0.306 e. The van der Waals surface area contributed by atoms with Gasteiger partial charge in [-0.3, -0.25) is 9.59 Å². The van der Waals surface area contributed by atoms with Crippen molar-refractivity contribution < 1.29 is 19.4 Å². The Morgan fingerprint density at radius 3 is 0.831 bits per heavy atom. The minimum absolute atomic E-state index is 0.00407. The van der Waals surface area contributed by atoms with Gasteiger partial charge < -0.3 is 9.84 Å². The first kappa shape index (κ1) is 75.9. The molecule has 0 aromatic heterocycles. The first-order valence-electron chi connectivity index (χ1n) is 36.1. The number of carbonyl (C=O) groups excluding carboxylic acids is 1. The minimum Gasteiger partial charge on any atom is -0.481 e. The average Bonchev–Trinajstić information content (AvgIpc) is 3.43. The number of hydrogen-bond acceptors (Lipinski definition) is 3. The van der Waals surface area contributed by atoms with Crippen LogP contribution in [0.5, 0.6) is 0 Å². The number of rotatable bonds is 65. The average molecular weight is 1090 g/mol. The molecule has 4 unspecified atom stereocenters. The fourth-order valence-corrected chi connectivity index (χ4v) is 13.8. The molecular formula is C73H144O4. The summed E-state index contributed by atoms with van der Waals surface area (Å²) in [5, 5.41) is 8.95. The number of carbonyl (C=O) groups is 2. The van der Waals surface area contributed by atoms with E-state index in [1.54, 1.807) is 0 Å². The fraction of sp³-hybridized carbons (Fsp3) is 0.973. The summed E-state index contributed by atoms with van der Waals surface area (Å²) in [7, 11) is 0. The quantitative estimate of drug-likeness (QED) is 0.0487. The van der Waals surface area contributed by atoms with Gasteiger partial charge in [0, 0.05) is 18.3 Å². The third-order valence-corrected chi connectivity index (χ3v) is 19.0. The van der Waals surface area contributed by atoms with Gasteiger partial charge >= 0.3 is 11.9 Å². The second-order valence-corrected chi connectivity index (χ2v) is 26.0. The van der Waals surface area contributed by atoms with Crippen LogP contribution >= 0.6 is 0 Å². The van der Waals surface area contributed by atoms with Crippen LogP contribution in [0.1, 0.15) is 434 Å². The molecule has 0 radical (unpaired) electrons. The summed E-state index contributed by atoms with van der Waals surface area (Å²) < 4.78 is 7.75. The zero-order chi connectivity index (χ0) is 56.4. The van der Waals surface area contributed by atoms with E-state index in [4.69, 9.17) is 9.84 Å². The van der Waals surface area contributed by atoms with Crippen molar-refractivity contribution in [2.45, 2.75) is 439 Å². The maximum absolute atomic E-state index is 15.1. The van der Waals surface area contributed by atoms with Crippen molar-refractivity contribution in [2.75, 3.05) is 0 Å². The van der Waals surface area contributed by atoms with Crippen LogP contribution in [0.2, 0.25) is 0 Å². The van der Waals surface area contributed by atoms with E-state index in [0.717, 1.165) is 38.5 Å². The van der Waals surface area contributed by atoms with Crippen LogP contribution in [0.15, 0.2) is 0 Å². The largest absolute Gasteiger partial charge is 0.481 e. The molecule has 4 nitrogen and oxygen atoms in total. The van der Waals surface area contributed by atoms with Crippen molar-refractivity contribution in [1.82, 2.24) is 0 Å². The molecule has 4 atom stereocenters. The Balaban J connectivity index is 6.96. The number of carboxylic acid groups (broad SMARTS) is 1. The van der Waals surface area contributed by atoms with E-state index in [9.17, 15) is 4.79 Å². The lowest BCUT2D eigenvalue weighted by atomic mass is 9.53. The lowest BCUT2D eigenvalue weighted by Crippen LogP contribution is -2.59. The second kappa shape index (κ2) is 58.1. The molecule has 460 valence electrons. The highest BCUT2D eigenvalue weighted by molar-refractivity contribution is 5.70. The molecule has 0 bridgehead atoms. The zero-order valence-electron chi connectivity index (χ0n) is 54.3. The molecular weight excluding hydrogens is 941 g/mol. The van der Waals surface area contributed by atoms with Gasteiger partial charge in [-0.1, -0.05) is 376 Å². The van der Waals surface area contributed by atoms with Crippen molar-refractivity contribution in [1.29, 1.82) is 0 Å². The SMILES string of the molecule is CCCCCCCCCCCCCCC(OC(=O)CCCCCCCCCCCCCC(=O)O)(C(C)CCCCCCCC)C(CCCCCCCCCC)(CCCCCCCCCCCC)C(C)CCCCCCCC. The predicted molar refractivity (Wildman–Crippen MR) is 343 cm³/mol. The Labute approximate surface area is 485 Å². The molecule has 1 N–H and O–H groups in total. The van der Waals surface area contributed by atoms with E-state index < -0.39 is 11.6 Å². The standard InChI is InChI=1S/C73H144O4/c1-8-13-18-23-28-31-33-37-41-46-53-60-67-73(69(7)62-55-48-27-22-17-12-5,77-71(76)64-57-50-43-39-36-34-35-38-42-49-56-63-70(74)75)72(65-58-51-44-30-25-20-15-10-3,68(6)61-54-47-26-21-16-11-4)66-59-52-45-40-32-29-24-19-14-9-2/h68-69H,8-67H2,1-7H3,(H,74,75). The molecule has 0 aliphatic carbocycles. The Morgan fingerprint density at radius 2 is 0.532 bits per heavy atom. The molecule has 0 spiro atoms.